The molecule has 0 unspecified atom stereocenters. The lowest BCUT2D eigenvalue weighted by molar-refractivity contribution is 0.108. The summed E-state index contributed by atoms with van der Waals surface area (Å²) >= 11 is 0. The molecule has 0 aliphatic heterocycles. The molecule has 0 spiro atoms. The lowest BCUT2D eigenvalue weighted by atomic mass is 10.2. The third-order valence-electron chi connectivity index (χ3n) is 2.40. The number of hydrogen-bond donors (Lipinski definition) is 3. The molecule has 1 aromatic rings. The van der Waals surface area contributed by atoms with Crippen molar-refractivity contribution in [3.63, 3.8) is 0 Å². The minimum Gasteiger partial charge on any atom is -0.381 e. The van der Waals surface area contributed by atoms with Crippen molar-refractivity contribution < 1.29 is 13.2 Å². The first-order valence-corrected chi connectivity index (χ1v) is 7.94. The fourth-order valence-electron chi connectivity index (χ4n) is 1.44. The number of ether oxygens (including phenoxy) is 1. The molecule has 0 fully saturated rings. The molecule has 20 heavy (non-hydrogen) atoms. The number of sulfonamides is 1. The Morgan fingerprint density at radius 2 is 2.20 bits per heavy atom. The molecular weight excluding hydrogens is 280 g/mol. The number of pyridine rings is 1. The van der Waals surface area contributed by atoms with E-state index in [0.717, 1.165) is 0 Å². The van der Waals surface area contributed by atoms with Crippen LogP contribution in [-0.2, 0) is 14.8 Å². The Kier molecular flexibility index (Phi) is 6.86. The van der Waals surface area contributed by atoms with E-state index < -0.39 is 10.0 Å². The van der Waals surface area contributed by atoms with E-state index in [2.05, 4.69) is 29.0 Å². The molecule has 1 rings (SSSR count). The normalized spacial score (nSPS) is 11.8. The van der Waals surface area contributed by atoms with E-state index in [0.29, 0.717) is 37.9 Å². The van der Waals surface area contributed by atoms with Gasteiger partial charge in [0.05, 0.1) is 4.90 Å². The lowest BCUT2D eigenvalue weighted by Gasteiger charge is -2.09. The standard InChI is InChI=1S/C12H22N4O3S/c1-10(2)9-19-7-3-5-15-20(17,18)11-4-6-14-12(8-11)16-13/h4,6,8,10,15H,3,5,7,9,13H2,1-2H3,(H,14,16). The summed E-state index contributed by atoms with van der Waals surface area (Å²) in [5, 5.41) is 0. The number of nitrogens with two attached hydrogens (primary N) is 1. The minimum atomic E-state index is -3.54. The maximum Gasteiger partial charge on any atom is 0.240 e. The van der Waals surface area contributed by atoms with Gasteiger partial charge in [-0.25, -0.2) is 24.0 Å². The summed E-state index contributed by atoms with van der Waals surface area (Å²) in [5.41, 5.74) is 2.31. The summed E-state index contributed by atoms with van der Waals surface area (Å²) in [6.45, 7) is 5.67. The van der Waals surface area contributed by atoms with Crippen molar-refractivity contribution >= 4 is 15.8 Å². The molecule has 0 aliphatic carbocycles. The average Bonchev–Trinajstić information content (AvgIpc) is 2.42. The molecular formula is C12H22N4O3S. The van der Waals surface area contributed by atoms with Crippen LogP contribution in [0.15, 0.2) is 23.2 Å². The Labute approximate surface area is 119 Å². The topological polar surface area (TPSA) is 106 Å². The van der Waals surface area contributed by atoms with Gasteiger partial charge in [0.25, 0.3) is 0 Å². The van der Waals surface area contributed by atoms with E-state index in [9.17, 15) is 8.42 Å². The minimum absolute atomic E-state index is 0.128. The van der Waals surface area contributed by atoms with E-state index >= 15 is 0 Å². The highest BCUT2D eigenvalue weighted by molar-refractivity contribution is 7.89. The van der Waals surface area contributed by atoms with Crippen LogP contribution in [0.5, 0.6) is 0 Å². The van der Waals surface area contributed by atoms with Crippen LogP contribution >= 0.6 is 0 Å². The molecule has 1 heterocycles. The van der Waals surface area contributed by atoms with Gasteiger partial charge in [0.1, 0.15) is 5.82 Å². The molecule has 0 radical (unpaired) electrons. The fourth-order valence-corrected chi connectivity index (χ4v) is 2.53. The highest BCUT2D eigenvalue weighted by Gasteiger charge is 2.13. The van der Waals surface area contributed by atoms with Gasteiger partial charge in [-0.15, -0.1) is 0 Å². The zero-order valence-electron chi connectivity index (χ0n) is 11.8. The highest BCUT2D eigenvalue weighted by Crippen LogP contribution is 2.11. The molecule has 4 N–H and O–H groups in total. The second kappa shape index (κ2) is 8.15. The monoisotopic (exact) mass is 302 g/mol. The first kappa shape index (κ1) is 16.8. The van der Waals surface area contributed by atoms with Crippen LogP contribution in [0.1, 0.15) is 20.3 Å². The van der Waals surface area contributed by atoms with Gasteiger partial charge < -0.3 is 10.2 Å². The number of nitrogens with one attached hydrogen (secondary N) is 2. The molecule has 0 atom stereocenters. The molecule has 0 saturated heterocycles. The zero-order chi connectivity index (χ0) is 15.0. The zero-order valence-corrected chi connectivity index (χ0v) is 12.6. The molecule has 7 nitrogen and oxygen atoms in total. The number of aromatic nitrogens is 1. The van der Waals surface area contributed by atoms with Gasteiger partial charge in [0, 0.05) is 32.0 Å². The quantitative estimate of drug-likeness (QED) is 0.352. The summed E-state index contributed by atoms with van der Waals surface area (Å²) in [5.74, 6) is 5.97. The summed E-state index contributed by atoms with van der Waals surface area (Å²) in [6.07, 6.45) is 2.01. The van der Waals surface area contributed by atoms with Crippen molar-refractivity contribution in [3.8, 4) is 0 Å². The SMILES string of the molecule is CC(C)COCCCNS(=O)(=O)c1ccnc(NN)c1. The van der Waals surface area contributed by atoms with Gasteiger partial charge in [-0.2, -0.15) is 0 Å². The smallest absolute Gasteiger partial charge is 0.240 e. The maximum atomic E-state index is 12.0. The molecule has 0 amide bonds. The van der Waals surface area contributed by atoms with Crippen LogP contribution in [0.2, 0.25) is 0 Å². The number of rotatable bonds is 9. The van der Waals surface area contributed by atoms with Crippen molar-refractivity contribution in [3.05, 3.63) is 18.3 Å². The van der Waals surface area contributed by atoms with Crippen molar-refractivity contribution in [1.82, 2.24) is 9.71 Å². The van der Waals surface area contributed by atoms with Gasteiger partial charge in [-0.05, 0) is 18.4 Å². The lowest BCUT2D eigenvalue weighted by Crippen LogP contribution is -2.26. The van der Waals surface area contributed by atoms with E-state index in [-0.39, 0.29) is 4.90 Å². The highest BCUT2D eigenvalue weighted by atomic mass is 32.2. The van der Waals surface area contributed by atoms with Crippen LogP contribution in [0.3, 0.4) is 0 Å². The predicted octanol–water partition coefficient (Wildman–Crippen LogP) is 0.708. The first-order chi connectivity index (χ1) is 9.45. The van der Waals surface area contributed by atoms with Gasteiger partial charge >= 0.3 is 0 Å². The predicted molar refractivity (Wildman–Crippen MR) is 77.5 cm³/mol. The molecule has 1 aromatic heterocycles. The molecule has 8 heteroatoms. The third-order valence-corrected chi connectivity index (χ3v) is 3.86. The average molecular weight is 302 g/mol. The third kappa shape index (κ3) is 5.83. The van der Waals surface area contributed by atoms with E-state index in [1.807, 2.05) is 0 Å². The number of nitrogens with zero attached hydrogens (tertiary/aromatic N) is 1. The van der Waals surface area contributed by atoms with Crippen molar-refractivity contribution in [2.24, 2.45) is 11.8 Å². The maximum absolute atomic E-state index is 12.0. The van der Waals surface area contributed by atoms with Crippen LogP contribution in [-0.4, -0.2) is 33.2 Å². The van der Waals surface area contributed by atoms with E-state index in [1.165, 1.54) is 18.3 Å². The van der Waals surface area contributed by atoms with Crippen molar-refractivity contribution in [2.45, 2.75) is 25.2 Å². The van der Waals surface area contributed by atoms with Crippen LogP contribution in [0, 0.1) is 5.92 Å². The Balaban J connectivity index is 2.41. The first-order valence-electron chi connectivity index (χ1n) is 6.46. The van der Waals surface area contributed by atoms with Gasteiger partial charge in [0.2, 0.25) is 10.0 Å². The van der Waals surface area contributed by atoms with E-state index in [4.69, 9.17) is 10.6 Å². The number of anilines is 1. The molecule has 114 valence electrons. The number of nitrogen functional groups attached to an aromatic ring is 1. The van der Waals surface area contributed by atoms with Crippen LogP contribution < -0.4 is 16.0 Å². The largest absolute Gasteiger partial charge is 0.381 e. The van der Waals surface area contributed by atoms with Crippen LogP contribution in [0.4, 0.5) is 5.82 Å². The summed E-state index contributed by atoms with van der Waals surface area (Å²) in [7, 11) is -3.54. The van der Waals surface area contributed by atoms with Crippen molar-refractivity contribution in [2.75, 3.05) is 25.2 Å². The summed E-state index contributed by atoms with van der Waals surface area (Å²) in [4.78, 5) is 3.99. The molecule has 0 aliphatic rings. The van der Waals surface area contributed by atoms with Crippen molar-refractivity contribution in [1.29, 1.82) is 0 Å². The Bertz CT molecular complexity index is 505. The number of hydrazine groups is 1. The van der Waals surface area contributed by atoms with Gasteiger partial charge in [-0.3, -0.25) is 0 Å². The second-order valence-electron chi connectivity index (χ2n) is 4.74. The Hall–Kier alpha value is -1.22. The Morgan fingerprint density at radius 3 is 2.85 bits per heavy atom. The van der Waals surface area contributed by atoms with Gasteiger partial charge in [-0.1, -0.05) is 13.8 Å². The summed E-state index contributed by atoms with van der Waals surface area (Å²) in [6, 6.07) is 2.79. The number of hydrogen-bond acceptors (Lipinski definition) is 6. The Morgan fingerprint density at radius 1 is 1.45 bits per heavy atom. The molecule has 0 saturated carbocycles. The second-order valence-corrected chi connectivity index (χ2v) is 6.51. The summed E-state index contributed by atoms with van der Waals surface area (Å²) < 4.78 is 31.9. The fraction of sp³-hybridized carbons (Fsp3) is 0.583. The van der Waals surface area contributed by atoms with E-state index in [1.54, 1.807) is 0 Å². The molecule has 0 aromatic carbocycles. The van der Waals surface area contributed by atoms with Gasteiger partial charge in [0.15, 0.2) is 0 Å². The van der Waals surface area contributed by atoms with Crippen LogP contribution in [0.25, 0.3) is 0 Å². The molecule has 0 bridgehead atoms.